The van der Waals surface area contributed by atoms with E-state index in [1.54, 1.807) is 24.5 Å². The second-order valence-electron chi connectivity index (χ2n) is 4.39. The van der Waals surface area contributed by atoms with Crippen LogP contribution in [-0.2, 0) is 0 Å². The minimum atomic E-state index is 0.158. The molecule has 2 aromatic heterocycles. The van der Waals surface area contributed by atoms with Crippen LogP contribution in [0.3, 0.4) is 0 Å². The van der Waals surface area contributed by atoms with E-state index in [1.165, 1.54) is 4.88 Å². The molecule has 6 heteroatoms. The van der Waals surface area contributed by atoms with E-state index < -0.39 is 0 Å². The summed E-state index contributed by atoms with van der Waals surface area (Å²) < 4.78 is 5.15. The molecule has 0 fully saturated rings. The molecule has 102 valence electrons. The SMILES string of the molecule is COc1cc(NC(C)c2sc(C)nc2C)nc(C)n1. The number of anilines is 1. The van der Waals surface area contributed by atoms with E-state index in [9.17, 15) is 0 Å². The Labute approximate surface area is 117 Å². The first-order valence-corrected chi connectivity index (χ1v) is 6.91. The molecule has 0 aromatic carbocycles. The molecule has 1 atom stereocenters. The summed E-state index contributed by atoms with van der Waals surface area (Å²) in [5, 5.41) is 4.45. The molecule has 0 aliphatic heterocycles. The maximum atomic E-state index is 5.15. The van der Waals surface area contributed by atoms with Gasteiger partial charge >= 0.3 is 0 Å². The molecule has 0 saturated heterocycles. The number of rotatable bonds is 4. The fourth-order valence-corrected chi connectivity index (χ4v) is 2.88. The van der Waals surface area contributed by atoms with Crippen molar-refractivity contribution in [2.75, 3.05) is 12.4 Å². The zero-order valence-corrected chi connectivity index (χ0v) is 12.6. The van der Waals surface area contributed by atoms with Gasteiger partial charge in [0.15, 0.2) is 0 Å². The lowest BCUT2D eigenvalue weighted by Gasteiger charge is -2.14. The summed E-state index contributed by atoms with van der Waals surface area (Å²) >= 11 is 1.71. The average Bonchev–Trinajstić information content (AvgIpc) is 2.67. The third-order valence-electron chi connectivity index (χ3n) is 2.72. The molecular weight excluding hydrogens is 260 g/mol. The van der Waals surface area contributed by atoms with E-state index >= 15 is 0 Å². The number of methoxy groups -OCH3 is 1. The quantitative estimate of drug-likeness (QED) is 0.931. The van der Waals surface area contributed by atoms with Gasteiger partial charge in [0, 0.05) is 10.9 Å². The van der Waals surface area contributed by atoms with Gasteiger partial charge in [-0.2, -0.15) is 4.98 Å². The normalized spacial score (nSPS) is 12.3. The third-order valence-corrected chi connectivity index (χ3v) is 3.98. The Hall–Kier alpha value is -1.69. The summed E-state index contributed by atoms with van der Waals surface area (Å²) in [5.41, 5.74) is 1.07. The summed E-state index contributed by atoms with van der Waals surface area (Å²) in [6, 6.07) is 1.96. The van der Waals surface area contributed by atoms with Crippen molar-refractivity contribution >= 4 is 17.2 Å². The van der Waals surface area contributed by atoms with Gasteiger partial charge in [0.05, 0.1) is 23.9 Å². The van der Waals surface area contributed by atoms with Crippen molar-refractivity contribution in [1.29, 1.82) is 0 Å². The molecule has 2 rings (SSSR count). The lowest BCUT2D eigenvalue weighted by atomic mass is 10.2. The van der Waals surface area contributed by atoms with Gasteiger partial charge in [-0.1, -0.05) is 0 Å². The van der Waals surface area contributed by atoms with Gasteiger partial charge in [-0.3, -0.25) is 0 Å². The van der Waals surface area contributed by atoms with Gasteiger partial charge in [0.25, 0.3) is 0 Å². The molecule has 0 spiro atoms. The first kappa shape index (κ1) is 13.7. The maximum Gasteiger partial charge on any atom is 0.218 e. The highest BCUT2D eigenvalue weighted by Gasteiger charge is 2.14. The highest BCUT2D eigenvalue weighted by atomic mass is 32.1. The van der Waals surface area contributed by atoms with Crippen LogP contribution < -0.4 is 10.1 Å². The molecule has 2 heterocycles. The Balaban J connectivity index is 2.21. The topological polar surface area (TPSA) is 59.9 Å². The molecule has 0 bridgehead atoms. The van der Waals surface area contributed by atoms with Crippen molar-refractivity contribution in [3.8, 4) is 5.88 Å². The molecule has 5 nitrogen and oxygen atoms in total. The van der Waals surface area contributed by atoms with Gasteiger partial charge in [0.1, 0.15) is 11.6 Å². The first-order chi connectivity index (χ1) is 8.99. The van der Waals surface area contributed by atoms with Crippen molar-refractivity contribution in [3.05, 3.63) is 27.5 Å². The molecule has 0 saturated carbocycles. The minimum Gasteiger partial charge on any atom is -0.481 e. The van der Waals surface area contributed by atoms with E-state index in [-0.39, 0.29) is 6.04 Å². The number of nitrogens with zero attached hydrogens (tertiary/aromatic N) is 3. The highest BCUT2D eigenvalue weighted by Crippen LogP contribution is 2.27. The van der Waals surface area contributed by atoms with Crippen molar-refractivity contribution in [2.24, 2.45) is 0 Å². The van der Waals surface area contributed by atoms with E-state index in [2.05, 4.69) is 27.2 Å². The van der Waals surface area contributed by atoms with Gasteiger partial charge < -0.3 is 10.1 Å². The zero-order valence-electron chi connectivity index (χ0n) is 11.8. The fourth-order valence-electron chi connectivity index (χ4n) is 1.95. The van der Waals surface area contributed by atoms with Crippen LogP contribution >= 0.6 is 11.3 Å². The molecule has 0 radical (unpaired) electrons. The van der Waals surface area contributed by atoms with Crippen LogP contribution in [0.1, 0.15) is 34.4 Å². The molecular formula is C13H18N4OS. The Bertz CT molecular complexity index is 582. The molecule has 0 amide bonds. The Kier molecular flexibility index (Phi) is 3.99. The molecule has 1 unspecified atom stereocenters. The number of thiazole rings is 1. The Morgan fingerprint density at radius 3 is 2.53 bits per heavy atom. The predicted molar refractivity (Wildman–Crippen MR) is 76.9 cm³/mol. The zero-order chi connectivity index (χ0) is 14.0. The third kappa shape index (κ3) is 3.20. The second-order valence-corrected chi connectivity index (χ2v) is 5.63. The highest BCUT2D eigenvalue weighted by molar-refractivity contribution is 7.11. The molecule has 2 aromatic rings. The van der Waals surface area contributed by atoms with Gasteiger partial charge in [-0.15, -0.1) is 11.3 Å². The summed E-state index contributed by atoms with van der Waals surface area (Å²) in [7, 11) is 1.60. The average molecular weight is 278 g/mol. The molecule has 0 aliphatic rings. The van der Waals surface area contributed by atoms with Crippen molar-refractivity contribution in [3.63, 3.8) is 0 Å². The summed E-state index contributed by atoms with van der Waals surface area (Å²) in [6.07, 6.45) is 0. The minimum absolute atomic E-state index is 0.158. The second kappa shape index (κ2) is 5.52. The summed E-state index contributed by atoms with van der Waals surface area (Å²) in [5.74, 6) is 2.02. The van der Waals surface area contributed by atoms with Crippen molar-refractivity contribution in [2.45, 2.75) is 33.7 Å². The van der Waals surface area contributed by atoms with Crippen LogP contribution in [0.15, 0.2) is 6.07 Å². The smallest absolute Gasteiger partial charge is 0.218 e. The maximum absolute atomic E-state index is 5.15. The lowest BCUT2D eigenvalue weighted by molar-refractivity contribution is 0.396. The summed E-state index contributed by atoms with van der Waals surface area (Å²) in [4.78, 5) is 14.2. The number of aromatic nitrogens is 3. The Morgan fingerprint density at radius 1 is 1.21 bits per heavy atom. The predicted octanol–water partition coefficient (Wildman–Crippen LogP) is 3.04. The monoisotopic (exact) mass is 278 g/mol. The van der Waals surface area contributed by atoms with Crippen LogP contribution in [-0.4, -0.2) is 22.1 Å². The van der Waals surface area contributed by atoms with Crippen LogP contribution in [0.2, 0.25) is 0 Å². The van der Waals surface area contributed by atoms with Gasteiger partial charge in [-0.05, 0) is 27.7 Å². The van der Waals surface area contributed by atoms with E-state index in [0.717, 1.165) is 16.5 Å². The first-order valence-electron chi connectivity index (χ1n) is 6.09. The van der Waals surface area contributed by atoms with Crippen LogP contribution in [0.5, 0.6) is 5.88 Å². The van der Waals surface area contributed by atoms with E-state index in [4.69, 9.17) is 4.74 Å². The van der Waals surface area contributed by atoms with Crippen molar-refractivity contribution < 1.29 is 4.74 Å². The molecule has 0 aliphatic carbocycles. The molecule has 1 N–H and O–H groups in total. The number of hydrogen-bond donors (Lipinski definition) is 1. The van der Waals surface area contributed by atoms with Crippen molar-refractivity contribution in [1.82, 2.24) is 15.0 Å². The summed E-state index contributed by atoms with van der Waals surface area (Å²) in [6.45, 7) is 8.00. The standard InChI is InChI=1S/C13H18N4OS/c1-7-13(19-10(4)14-7)8(2)15-11-6-12(18-5)17-9(3)16-11/h6,8H,1-5H3,(H,15,16,17). The van der Waals surface area contributed by atoms with Gasteiger partial charge in [0.2, 0.25) is 5.88 Å². The van der Waals surface area contributed by atoms with Crippen LogP contribution in [0.25, 0.3) is 0 Å². The van der Waals surface area contributed by atoms with E-state index in [1.807, 2.05) is 20.8 Å². The largest absolute Gasteiger partial charge is 0.481 e. The fraction of sp³-hybridized carbons (Fsp3) is 0.462. The Morgan fingerprint density at radius 2 is 1.95 bits per heavy atom. The van der Waals surface area contributed by atoms with Crippen LogP contribution in [0, 0.1) is 20.8 Å². The van der Waals surface area contributed by atoms with Crippen LogP contribution in [0.4, 0.5) is 5.82 Å². The lowest BCUT2D eigenvalue weighted by Crippen LogP contribution is -2.09. The molecule has 19 heavy (non-hydrogen) atoms. The number of ether oxygens (including phenoxy) is 1. The number of aryl methyl sites for hydroxylation is 3. The van der Waals surface area contributed by atoms with Gasteiger partial charge in [-0.25, -0.2) is 9.97 Å². The number of nitrogens with one attached hydrogen (secondary N) is 1. The number of hydrogen-bond acceptors (Lipinski definition) is 6. The van der Waals surface area contributed by atoms with E-state index in [0.29, 0.717) is 11.7 Å².